The fourth-order valence-electron chi connectivity index (χ4n) is 11.1. The van der Waals surface area contributed by atoms with Gasteiger partial charge in [-0.15, -0.1) is 0 Å². The second-order valence-electron chi connectivity index (χ2n) is 16.7. The summed E-state index contributed by atoms with van der Waals surface area (Å²) in [6, 6.07) is 83.6. The van der Waals surface area contributed by atoms with Gasteiger partial charge in [-0.1, -0.05) is 182 Å². The zero-order chi connectivity index (χ0) is 40.1. The number of hydrogen-bond acceptors (Lipinski definition) is 1. The van der Waals surface area contributed by atoms with Crippen molar-refractivity contribution in [2.75, 3.05) is 4.90 Å². The predicted molar refractivity (Wildman–Crippen MR) is 254 cm³/mol. The van der Waals surface area contributed by atoms with Gasteiger partial charge in [-0.05, 0) is 149 Å². The Morgan fingerprint density at radius 3 is 1.41 bits per heavy atom. The SMILES string of the molecule is c1ccc(-c2ccc(N(c3ccc(-c4cc5c(c6ccccc46)Cc4ccccc4-5)cc3)c3ccc4c(c3)C3(c5ccccc5-c5ccccc53)c3ccccc3-4)cc2)cc1. The average molecular weight is 774 g/mol. The van der Waals surface area contributed by atoms with Gasteiger partial charge >= 0.3 is 0 Å². The molecule has 0 aliphatic heterocycles. The number of rotatable bonds is 5. The minimum atomic E-state index is -0.422. The van der Waals surface area contributed by atoms with Gasteiger partial charge < -0.3 is 4.90 Å². The minimum absolute atomic E-state index is 0.422. The fraction of sp³-hybridized carbons (Fsp3) is 0.0333. The largest absolute Gasteiger partial charge is 0.310 e. The molecule has 13 rings (SSSR count). The standard InChI is InChI=1S/C60H39N/c1-2-14-39(15-3-1)40-26-30-43(31-27-40)61(44-32-28-41(29-33-44)53-38-55-46-17-5-4-16-42(46)36-54(55)48-19-7-6-18-47(48)53)45-34-35-52-51-22-10-13-25-58(51)60(59(52)37-45)56-23-11-8-20-49(56)50-21-9-12-24-57(50)60/h1-35,37-38H,36H2. The highest BCUT2D eigenvalue weighted by atomic mass is 15.1. The summed E-state index contributed by atoms with van der Waals surface area (Å²) in [6.45, 7) is 0. The first-order valence-corrected chi connectivity index (χ1v) is 21.4. The van der Waals surface area contributed by atoms with Crippen LogP contribution in [0.25, 0.3) is 66.4 Å². The quantitative estimate of drug-likeness (QED) is 0.168. The number of anilines is 3. The first-order chi connectivity index (χ1) is 30.3. The van der Waals surface area contributed by atoms with Gasteiger partial charge in [0.05, 0.1) is 5.41 Å². The lowest BCUT2D eigenvalue weighted by Crippen LogP contribution is -2.26. The summed E-state index contributed by atoms with van der Waals surface area (Å²) in [4.78, 5) is 2.44. The second kappa shape index (κ2) is 13.1. The monoisotopic (exact) mass is 773 g/mol. The molecule has 0 saturated heterocycles. The Kier molecular flexibility index (Phi) is 7.35. The molecule has 0 radical (unpaired) electrons. The molecule has 0 unspecified atom stereocenters. The molecule has 0 atom stereocenters. The molecule has 3 aliphatic rings. The molecule has 0 saturated carbocycles. The lowest BCUT2D eigenvalue weighted by Gasteiger charge is -2.32. The maximum absolute atomic E-state index is 2.48. The van der Waals surface area contributed by atoms with Crippen molar-refractivity contribution in [1.82, 2.24) is 0 Å². The smallest absolute Gasteiger partial charge is 0.0726 e. The van der Waals surface area contributed by atoms with Gasteiger partial charge in [0, 0.05) is 17.1 Å². The van der Waals surface area contributed by atoms with E-state index in [-0.39, 0.29) is 0 Å². The molecule has 0 heterocycles. The highest BCUT2D eigenvalue weighted by molar-refractivity contribution is 6.05. The summed E-state index contributed by atoms with van der Waals surface area (Å²) < 4.78 is 0. The maximum atomic E-state index is 2.48. The van der Waals surface area contributed by atoms with Crippen molar-refractivity contribution in [3.63, 3.8) is 0 Å². The number of benzene rings is 10. The van der Waals surface area contributed by atoms with E-state index in [1.807, 2.05) is 0 Å². The van der Waals surface area contributed by atoms with Crippen LogP contribution in [-0.4, -0.2) is 0 Å². The molecule has 0 amide bonds. The Morgan fingerprint density at radius 1 is 0.295 bits per heavy atom. The highest BCUT2D eigenvalue weighted by Gasteiger charge is 2.51. The highest BCUT2D eigenvalue weighted by Crippen LogP contribution is 2.63. The van der Waals surface area contributed by atoms with Gasteiger partial charge in [-0.25, -0.2) is 0 Å². The van der Waals surface area contributed by atoms with E-state index in [2.05, 4.69) is 229 Å². The van der Waals surface area contributed by atoms with E-state index >= 15 is 0 Å². The topological polar surface area (TPSA) is 3.24 Å². The van der Waals surface area contributed by atoms with Crippen LogP contribution in [0.2, 0.25) is 0 Å². The van der Waals surface area contributed by atoms with Crippen molar-refractivity contribution in [3.8, 4) is 55.6 Å². The van der Waals surface area contributed by atoms with Gasteiger partial charge in [0.1, 0.15) is 0 Å². The third kappa shape index (κ3) is 4.89. The van der Waals surface area contributed by atoms with E-state index in [0.29, 0.717) is 0 Å². The molecule has 61 heavy (non-hydrogen) atoms. The zero-order valence-electron chi connectivity index (χ0n) is 33.5. The minimum Gasteiger partial charge on any atom is -0.310 e. The lowest BCUT2D eigenvalue weighted by atomic mass is 9.70. The van der Waals surface area contributed by atoms with Crippen molar-refractivity contribution in [2.24, 2.45) is 0 Å². The first-order valence-electron chi connectivity index (χ1n) is 21.4. The molecular formula is C60H39N. The summed E-state index contributed by atoms with van der Waals surface area (Å²) in [5.41, 5.74) is 24.0. The van der Waals surface area contributed by atoms with Gasteiger partial charge in [0.2, 0.25) is 0 Å². The van der Waals surface area contributed by atoms with Crippen LogP contribution in [0.15, 0.2) is 224 Å². The Bertz CT molecular complexity index is 3310. The Labute approximate surface area is 356 Å². The average Bonchev–Trinajstić information content (AvgIpc) is 3.96. The van der Waals surface area contributed by atoms with Crippen LogP contribution in [-0.2, 0) is 11.8 Å². The van der Waals surface area contributed by atoms with Crippen molar-refractivity contribution in [2.45, 2.75) is 11.8 Å². The summed E-state index contributed by atoms with van der Waals surface area (Å²) in [7, 11) is 0. The van der Waals surface area contributed by atoms with Crippen LogP contribution in [0.4, 0.5) is 17.1 Å². The summed E-state index contributed by atoms with van der Waals surface area (Å²) >= 11 is 0. The number of hydrogen-bond donors (Lipinski definition) is 0. The van der Waals surface area contributed by atoms with Gasteiger partial charge in [0.25, 0.3) is 0 Å². The van der Waals surface area contributed by atoms with Crippen molar-refractivity contribution in [1.29, 1.82) is 0 Å². The molecule has 3 aliphatic carbocycles. The van der Waals surface area contributed by atoms with Gasteiger partial charge in [0.15, 0.2) is 0 Å². The molecule has 1 spiro atoms. The van der Waals surface area contributed by atoms with Crippen LogP contribution >= 0.6 is 0 Å². The third-order valence-corrected chi connectivity index (χ3v) is 13.7. The first kappa shape index (κ1) is 34.2. The molecule has 10 aromatic carbocycles. The molecule has 0 bridgehead atoms. The van der Waals surface area contributed by atoms with Gasteiger partial charge in [-0.3, -0.25) is 0 Å². The molecule has 0 N–H and O–H groups in total. The predicted octanol–water partition coefficient (Wildman–Crippen LogP) is 15.6. The van der Waals surface area contributed by atoms with Crippen LogP contribution < -0.4 is 4.90 Å². The molecule has 10 aromatic rings. The number of fused-ring (bicyclic) bond motifs is 15. The van der Waals surface area contributed by atoms with Crippen LogP contribution in [0.5, 0.6) is 0 Å². The van der Waals surface area contributed by atoms with E-state index in [1.165, 1.54) is 99.8 Å². The molecule has 0 fully saturated rings. The molecule has 0 aromatic heterocycles. The normalized spacial score (nSPS) is 13.3. The maximum Gasteiger partial charge on any atom is 0.0726 e. The van der Waals surface area contributed by atoms with E-state index in [1.54, 1.807) is 0 Å². The van der Waals surface area contributed by atoms with E-state index in [9.17, 15) is 0 Å². The summed E-state index contributed by atoms with van der Waals surface area (Å²) in [5, 5.41) is 2.65. The zero-order valence-corrected chi connectivity index (χ0v) is 33.5. The van der Waals surface area contributed by atoms with Crippen molar-refractivity contribution >= 4 is 27.8 Å². The fourth-order valence-corrected chi connectivity index (χ4v) is 11.1. The lowest BCUT2D eigenvalue weighted by molar-refractivity contribution is 0.793. The Hall–Kier alpha value is -7.74. The molecule has 1 heteroatoms. The molecule has 1 nitrogen and oxygen atoms in total. The van der Waals surface area contributed by atoms with Gasteiger partial charge in [-0.2, -0.15) is 0 Å². The van der Waals surface area contributed by atoms with E-state index in [4.69, 9.17) is 0 Å². The van der Waals surface area contributed by atoms with Crippen molar-refractivity contribution < 1.29 is 0 Å². The third-order valence-electron chi connectivity index (χ3n) is 13.7. The van der Waals surface area contributed by atoms with E-state index in [0.717, 1.165) is 23.5 Å². The van der Waals surface area contributed by atoms with Crippen LogP contribution in [0, 0.1) is 0 Å². The Morgan fingerprint density at radius 2 is 0.770 bits per heavy atom. The Balaban J connectivity index is 0.997. The van der Waals surface area contributed by atoms with Crippen LogP contribution in [0.3, 0.4) is 0 Å². The molecular weight excluding hydrogens is 735 g/mol. The molecule has 284 valence electrons. The summed E-state index contributed by atoms with van der Waals surface area (Å²) in [6.07, 6.45) is 0.980. The summed E-state index contributed by atoms with van der Waals surface area (Å²) in [5.74, 6) is 0. The number of nitrogens with zero attached hydrogens (tertiary/aromatic N) is 1. The second-order valence-corrected chi connectivity index (χ2v) is 16.7. The van der Waals surface area contributed by atoms with E-state index < -0.39 is 5.41 Å². The van der Waals surface area contributed by atoms with Crippen molar-refractivity contribution in [3.05, 3.63) is 258 Å². The van der Waals surface area contributed by atoms with Crippen LogP contribution in [0.1, 0.15) is 33.4 Å².